The highest BCUT2D eigenvalue weighted by Crippen LogP contribution is 2.36. The van der Waals surface area contributed by atoms with Crippen LogP contribution < -0.4 is 24.8 Å². The van der Waals surface area contributed by atoms with Crippen molar-refractivity contribution in [2.45, 2.75) is 18.5 Å². The first-order valence-corrected chi connectivity index (χ1v) is 11.9. The van der Waals surface area contributed by atoms with Gasteiger partial charge in [0.05, 0.1) is 7.11 Å². The van der Waals surface area contributed by atoms with Gasteiger partial charge in [0, 0.05) is 11.8 Å². The topological polar surface area (TPSA) is 156 Å². The summed E-state index contributed by atoms with van der Waals surface area (Å²) in [7, 11) is 1.52. The fraction of sp³-hybridized carbons (Fsp3) is 0.208. The SMILES string of the molecule is COc1ccc(C[C@@H](C(=O)Nc2nc(C(=O)O)cs2)N2C(=O)NC(c3ccc4c(c3)OCO4)C2=O)cc1. The second-order valence-corrected chi connectivity index (χ2v) is 8.96. The molecule has 1 saturated heterocycles. The van der Waals surface area contributed by atoms with Crippen molar-refractivity contribution in [1.29, 1.82) is 0 Å². The maximum absolute atomic E-state index is 13.5. The number of fused-ring (bicyclic) bond motifs is 1. The van der Waals surface area contributed by atoms with E-state index in [-0.39, 0.29) is 24.0 Å². The minimum atomic E-state index is -1.25. The number of anilines is 1. The van der Waals surface area contributed by atoms with Gasteiger partial charge in [0.25, 0.3) is 5.91 Å². The number of aromatic carboxylic acids is 1. The van der Waals surface area contributed by atoms with Crippen molar-refractivity contribution in [2.24, 2.45) is 0 Å². The maximum Gasteiger partial charge on any atom is 0.355 e. The molecule has 2 aromatic carbocycles. The van der Waals surface area contributed by atoms with E-state index in [0.717, 1.165) is 16.2 Å². The van der Waals surface area contributed by atoms with Crippen molar-refractivity contribution in [3.05, 3.63) is 64.7 Å². The number of rotatable bonds is 8. The van der Waals surface area contributed by atoms with E-state index < -0.39 is 35.9 Å². The van der Waals surface area contributed by atoms with Gasteiger partial charge in [-0.25, -0.2) is 19.5 Å². The lowest BCUT2D eigenvalue weighted by molar-refractivity contribution is -0.134. The van der Waals surface area contributed by atoms with Gasteiger partial charge in [-0.05, 0) is 35.4 Å². The molecule has 0 spiro atoms. The summed E-state index contributed by atoms with van der Waals surface area (Å²) in [6.45, 7) is 0.0559. The van der Waals surface area contributed by atoms with Crippen LogP contribution >= 0.6 is 11.3 Å². The fourth-order valence-corrected chi connectivity index (χ4v) is 4.70. The second-order valence-electron chi connectivity index (χ2n) is 8.10. The molecule has 5 rings (SSSR count). The predicted octanol–water partition coefficient (Wildman–Crippen LogP) is 2.42. The molecular formula is C24H20N4O8S. The van der Waals surface area contributed by atoms with Crippen molar-refractivity contribution in [1.82, 2.24) is 15.2 Å². The number of benzene rings is 2. The van der Waals surface area contributed by atoms with Crippen molar-refractivity contribution >= 4 is 40.3 Å². The van der Waals surface area contributed by atoms with Gasteiger partial charge in [-0.3, -0.25) is 9.59 Å². The number of hydrogen-bond donors (Lipinski definition) is 3. The molecule has 0 bridgehead atoms. The molecule has 2 atom stereocenters. The van der Waals surface area contributed by atoms with Crippen LogP contribution in [0.15, 0.2) is 47.8 Å². The van der Waals surface area contributed by atoms with Gasteiger partial charge in [-0.15, -0.1) is 11.3 Å². The van der Waals surface area contributed by atoms with Crippen LogP contribution in [-0.2, 0) is 16.0 Å². The number of nitrogens with one attached hydrogen (secondary N) is 2. The lowest BCUT2D eigenvalue weighted by Crippen LogP contribution is -2.49. The third-order valence-corrected chi connectivity index (χ3v) is 6.61. The lowest BCUT2D eigenvalue weighted by atomic mass is 10.0. The average Bonchev–Trinajstić information content (AvgIpc) is 3.62. The molecule has 3 heterocycles. The first kappa shape index (κ1) is 24.1. The van der Waals surface area contributed by atoms with Crippen molar-refractivity contribution in [3.63, 3.8) is 0 Å². The minimum Gasteiger partial charge on any atom is -0.497 e. The quantitative estimate of drug-likeness (QED) is 0.377. The van der Waals surface area contributed by atoms with Gasteiger partial charge in [0.15, 0.2) is 22.3 Å². The highest BCUT2D eigenvalue weighted by atomic mass is 32.1. The lowest BCUT2D eigenvalue weighted by Gasteiger charge is -2.24. The number of urea groups is 1. The number of amides is 4. The van der Waals surface area contributed by atoms with Crippen LogP contribution in [-0.4, -0.2) is 58.7 Å². The Morgan fingerprint density at radius 1 is 1.22 bits per heavy atom. The minimum absolute atomic E-state index is 0.00000942. The zero-order valence-electron chi connectivity index (χ0n) is 19.3. The molecule has 1 aromatic heterocycles. The summed E-state index contributed by atoms with van der Waals surface area (Å²) in [4.78, 5) is 55.8. The Kier molecular flexibility index (Phi) is 6.36. The summed E-state index contributed by atoms with van der Waals surface area (Å²) in [6, 6.07) is 8.70. The number of carboxylic acids is 1. The molecule has 2 aliphatic heterocycles. The van der Waals surface area contributed by atoms with E-state index >= 15 is 0 Å². The van der Waals surface area contributed by atoms with Crippen molar-refractivity contribution in [3.8, 4) is 17.2 Å². The molecule has 1 fully saturated rings. The number of carbonyl (C=O) groups excluding carboxylic acids is 3. The molecule has 0 radical (unpaired) electrons. The Morgan fingerprint density at radius 3 is 2.68 bits per heavy atom. The average molecular weight is 525 g/mol. The number of nitrogens with zero attached hydrogens (tertiary/aromatic N) is 2. The molecule has 0 saturated carbocycles. The zero-order chi connectivity index (χ0) is 26.1. The van der Waals surface area contributed by atoms with Crippen molar-refractivity contribution in [2.75, 3.05) is 19.2 Å². The molecule has 37 heavy (non-hydrogen) atoms. The first-order chi connectivity index (χ1) is 17.8. The Morgan fingerprint density at radius 2 is 1.97 bits per heavy atom. The van der Waals surface area contributed by atoms with Crippen molar-refractivity contribution < 1.29 is 38.5 Å². The van der Waals surface area contributed by atoms with Gasteiger partial charge >= 0.3 is 12.0 Å². The van der Waals surface area contributed by atoms with Gasteiger partial charge in [-0.2, -0.15) is 0 Å². The van der Waals surface area contributed by atoms with E-state index in [1.165, 1.54) is 12.5 Å². The second kappa shape index (κ2) is 9.78. The van der Waals surface area contributed by atoms with E-state index in [1.807, 2.05) is 0 Å². The summed E-state index contributed by atoms with van der Waals surface area (Å²) >= 11 is 0.918. The number of hydrogen-bond acceptors (Lipinski definition) is 9. The number of imide groups is 1. The molecule has 2 aliphatic rings. The van der Waals surface area contributed by atoms with Gasteiger partial charge in [0.2, 0.25) is 12.7 Å². The molecule has 1 unspecified atom stereocenters. The molecule has 0 aliphatic carbocycles. The van der Waals surface area contributed by atoms with E-state index in [0.29, 0.717) is 28.4 Å². The fourth-order valence-electron chi connectivity index (χ4n) is 4.01. The molecule has 4 amide bonds. The van der Waals surface area contributed by atoms with Gasteiger partial charge in [0.1, 0.15) is 17.8 Å². The summed E-state index contributed by atoms with van der Waals surface area (Å²) in [6.07, 6.45) is 0.00000942. The van der Waals surface area contributed by atoms with Crippen LogP contribution in [0.25, 0.3) is 0 Å². The standard InChI is InChI=1S/C24H20N4O8S/c1-34-14-5-2-12(3-6-14)8-16(20(29)27-23-25-15(10-37-23)22(31)32)28-21(30)19(26-24(28)33)13-4-7-17-18(9-13)36-11-35-17/h2-7,9-10,16,19H,8,11H2,1H3,(H,26,33)(H,31,32)(H,25,27,29)/t16-,19?/m0/s1. The van der Waals surface area contributed by atoms with Crippen LogP contribution in [0.2, 0.25) is 0 Å². The number of carboxylic acid groups (broad SMARTS) is 1. The highest BCUT2D eigenvalue weighted by molar-refractivity contribution is 7.14. The molecule has 3 aromatic rings. The molecule has 12 nitrogen and oxygen atoms in total. The Bertz CT molecular complexity index is 1390. The van der Waals surface area contributed by atoms with Gasteiger partial charge in [-0.1, -0.05) is 18.2 Å². The van der Waals surface area contributed by atoms with Crippen LogP contribution in [0, 0.1) is 0 Å². The Labute approximate surface area is 213 Å². The number of methoxy groups -OCH3 is 1. The van der Waals surface area contributed by atoms with Crippen LogP contribution in [0.4, 0.5) is 9.93 Å². The summed E-state index contributed by atoms with van der Waals surface area (Å²) < 4.78 is 15.8. The maximum atomic E-state index is 13.5. The third-order valence-electron chi connectivity index (χ3n) is 5.86. The smallest absolute Gasteiger partial charge is 0.355 e. The molecule has 13 heteroatoms. The highest BCUT2D eigenvalue weighted by Gasteiger charge is 2.45. The molecule has 190 valence electrons. The van der Waals surface area contributed by atoms with Crippen LogP contribution in [0.3, 0.4) is 0 Å². The van der Waals surface area contributed by atoms with Gasteiger partial charge < -0.3 is 30.0 Å². The number of ether oxygens (including phenoxy) is 3. The first-order valence-electron chi connectivity index (χ1n) is 11.0. The summed E-state index contributed by atoms with van der Waals surface area (Å²) in [5.41, 5.74) is 0.906. The summed E-state index contributed by atoms with van der Waals surface area (Å²) in [5.74, 6) is -0.986. The van der Waals surface area contributed by atoms with E-state index in [4.69, 9.17) is 19.3 Å². The molecule has 3 N–H and O–H groups in total. The van der Waals surface area contributed by atoms with E-state index in [1.54, 1.807) is 42.5 Å². The summed E-state index contributed by atoms with van der Waals surface area (Å²) in [5, 5.41) is 15.6. The predicted molar refractivity (Wildman–Crippen MR) is 129 cm³/mol. The normalized spacial score (nSPS) is 16.9. The monoisotopic (exact) mass is 524 g/mol. The number of thiazole rings is 1. The zero-order valence-corrected chi connectivity index (χ0v) is 20.1. The number of carbonyl (C=O) groups is 4. The van der Waals surface area contributed by atoms with Crippen LogP contribution in [0.5, 0.6) is 17.2 Å². The third kappa shape index (κ3) is 4.76. The number of aromatic nitrogens is 1. The largest absolute Gasteiger partial charge is 0.497 e. The Hall–Kier alpha value is -4.65. The van der Waals surface area contributed by atoms with E-state index in [2.05, 4.69) is 15.6 Å². The Balaban J connectivity index is 1.43. The van der Waals surface area contributed by atoms with Crippen LogP contribution in [0.1, 0.15) is 27.7 Å². The molecular weight excluding hydrogens is 504 g/mol. The van der Waals surface area contributed by atoms with E-state index in [9.17, 15) is 19.2 Å².